The fourth-order valence-corrected chi connectivity index (χ4v) is 2.21. The number of primary amides is 1. The van der Waals surface area contributed by atoms with E-state index in [1.807, 2.05) is 19.1 Å². The molecule has 1 amide bonds. The number of piperidine rings is 1. The molecule has 2 rings (SSSR count). The van der Waals surface area contributed by atoms with Crippen LogP contribution in [-0.4, -0.2) is 25.1 Å². The number of carbonyl (C=O) groups excluding carboxylic acids is 1. The van der Waals surface area contributed by atoms with E-state index < -0.39 is 5.91 Å². The largest absolute Gasteiger partial charge is 0.488 e. The number of aryl methyl sites for hydroxylation is 1. The summed E-state index contributed by atoms with van der Waals surface area (Å²) in [6.45, 7) is 5.98. The van der Waals surface area contributed by atoms with Crippen LogP contribution >= 0.6 is 0 Å². The van der Waals surface area contributed by atoms with Crippen molar-refractivity contribution in [3.8, 4) is 5.75 Å². The minimum atomic E-state index is -0.443. The predicted molar refractivity (Wildman–Crippen MR) is 70.8 cm³/mol. The lowest BCUT2D eigenvalue weighted by Gasteiger charge is -2.30. The molecule has 3 N–H and O–H groups in total. The first kappa shape index (κ1) is 12.9. The van der Waals surface area contributed by atoms with Crippen LogP contribution in [0.2, 0.25) is 0 Å². The second-order valence-electron chi connectivity index (χ2n) is 4.99. The summed E-state index contributed by atoms with van der Waals surface area (Å²) in [6, 6.07) is 5.48. The molecule has 1 aliphatic heterocycles. The van der Waals surface area contributed by atoms with E-state index in [-0.39, 0.29) is 6.10 Å². The zero-order chi connectivity index (χ0) is 13.1. The van der Waals surface area contributed by atoms with Crippen molar-refractivity contribution in [1.29, 1.82) is 0 Å². The van der Waals surface area contributed by atoms with E-state index in [0.717, 1.165) is 25.1 Å². The summed E-state index contributed by atoms with van der Waals surface area (Å²) in [7, 11) is 0. The Hall–Kier alpha value is -1.55. The van der Waals surface area contributed by atoms with Gasteiger partial charge in [0.15, 0.2) is 0 Å². The van der Waals surface area contributed by atoms with Crippen molar-refractivity contribution in [2.45, 2.75) is 26.4 Å². The molecule has 0 aromatic heterocycles. The summed E-state index contributed by atoms with van der Waals surface area (Å²) in [5.74, 6) is 0.636. The van der Waals surface area contributed by atoms with E-state index in [2.05, 4.69) is 12.2 Å². The third-order valence-corrected chi connectivity index (χ3v) is 3.44. The van der Waals surface area contributed by atoms with Gasteiger partial charge in [-0.25, -0.2) is 0 Å². The second-order valence-corrected chi connectivity index (χ2v) is 4.99. The van der Waals surface area contributed by atoms with Crippen molar-refractivity contribution in [1.82, 2.24) is 5.32 Å². The van der Waals surface area contributed by atoms with Crippen molar-refractivity contribution in [3.05, 3.63) is 29.3 Å². The minimum absolute atomic E-state index is 0.0960. The van der Waals surface area contributed by atoms with Gasteiger partial charge in [0, 0.05) is 6.54 Å². The van der Waals surface area contributed by atoms with Gasteiger partial charge in [-0.3, -0.25) is 4.79 Å². The zero-order valence-corrected chi connectivity index (χ0v) is 10.9. The molecule has 0 bridgehead atoms. The average Bonchev–Trinajstić information content (AvgIpc) is 2.32. The van der Waals surface area contributed by atoms with Crippen molar-refractivity contribution < 1.29 is 9.53 Å². The fraction of sp³-hybridized carbons (Fsp3) is 0.500. The number of hydrogen-bond donors (Lipinski definition) is 2. The third kappa shape index (κ3) is 2.82. The Morgan fingerprint density at radius 3 is 2.94 bits per heavy atom. The molecule has 98 valence electrons. The average molecular weight is 248 g/mol. The number of nitrogens with two attached hydrogens (primary N) is 1. The number of hydrogen-bond acceptors (Lipinski definition) is 3. The molecule has 0 radical (unpaired) electrons. The maximum absolute atomic E-state index is 11.4. The lowest BCUT2D eigenvalue weighted by Crippen LogP contribution is -2.43. The topological polar surface area (TPSA) is 64.4 Å². The third-order valence-electron chi connectivity index (χ3n) is 3.44. The smallest absolute Gasteiger partial charge is 0.252 e. The van der Waals surface area contributed by atoms with Crippen molar-refractivity contribution >= 4 is 5.91 Å². The van der Waals surface area contributed by atoms with Crippen LogP contribution in [0.25, 0.3) is 0 Å². The Morgan fingerprint density at radius 2 is 2.28 bits per heavy atom. The van der Waals surface area contributed by atoms with Gasteiger partial charge in [0.2, 0.25) is 0 Å². The van der Waals surface area contributed by atoms with Gasteiger partial charge in [-0.1, -0.05) is 13.0 Å². The van der Waals surface area contributed by atoms with Gasteiger partial charge < -0.3 is 15.8 Å². The Morgan fingerprint density at radius 1 is 1.50 bits per heavy atom. The van der Waals surface area contributed by atoms with Crippen LogP contribution in [0, 0.1) is 12.8 Å². The summed E-state index contributed by atoms with van der Waals surface area (Å²) < 4.78 is 5.98. The van der Waals surface area contributed by atoms with Crippen LogP contribution in [0.3, 0.4) is 0 Å². The van der Waals surface area contributed by atoms with Gasteiger partial charge in [0.25, 0.3) is 5.91 Å². The maximum Gasteiger partial charge on any atom is 0.252 e. The van der Waals surface area contributed by atoms with Gasteiger partial charge in [0.05, 0.1) is 5.56 Å². The maximum atomic E-state index is 11.4. The van der Waals surface area contributed by atoms with Crippen LogP contribution in [0.4, 0.5) is 0 Å². The van der Waals surface area contributed by atoms with E-state index in [4.69, 9.17) is 10.5 Å². The summed E-state index contributed by atoms with van der Waals surface area (Å²) in [5, 5.41) is 3.31. The van der Waals surface area contributed by atoms with Crippen molar-refractivity contribution in [2.24, 2.45) is 11.7 Å². The van der Waals surface area contributed by atoms with E-state index in [1.54, 1.807) is 6.07 Å². The first-order valence-electron chi connectivity index (χ1n) is 6.35. The van der Waals surface area contributed by atoms with Crippen LogP contribution < -0.4 is 15.8 Å². The molecule has 18 heavy (non-hydrogen) atoms. The van der Waals surface area contributed by atoms with Gasteiger partial charge >= 0.3 is 0 Å². The van der Waals surface area contributed by atoms with Crippen molar-refractivity contribution in [2.75, 3.05) is 13.1 Å². The number of rotatable bonds is 3. The van der Waals surface area contributed by atoms with Gasteiger partial charge in [0.1, 0.15) is 11.9 Å². The van der Waals surface area contributed by atoms with Crippen LogP contribution in [0.5, 0.6) is 5.75 Å². The second kappa shape index (κ2) is 5.40. The summed E-state index contributed by atoms with van der Waals surface area (Å²) in [4.78, 5) is 11.4. The molecule has 4 heteroatoms. The normalized spacial score (nSPS) is 23.7. The van der Waals surface area contributed by atoms with Crippen molar-refractivity contribution in [3.63, 3.8) is 0 Å². The molecule has 2 atom stereocenters. The number of benzene rings is 1. The highest BCUT2D eigenvalue weighted by Crippen LogP contribution is 2.24. The van der Waals surface area contributed by atoms with E-state index in [0.29, 0.717) is 17.2 Å². The Labute approximate surface area is 108 Å². The number of nitrogens with one attached hydrogen (secondary N) is 1. The molecule has 1 fully saturated rings. The highest BCUT2D eigenvalue weighted by Gasteiger charge is 2.24. The molecule has 1 heterocycles. The molecule has 1 aromatic carbocycles. The number of amides is 1. The molecule has 2 unspecified atom stereocenters. The first-order valence-corrected chi connectivity index (χ1v) is 6.35. The highest BCUT2D eigenvalue weighted by molar-refractivity contribution is 5.95. The molecular weight excluding hydrogens is 228 g/mol. The molecule has 0 spiro atoms. The predicted octanol–water partition coefficient (Wildman–Crippen LogP) is 1.47. The quantitative estimate of drug-likeness (QED) is 0.851. The SMILES string of the molecule is Cc1ccc(C(N)=O)c(OC2CNCCC2C)c1. The summed E-state index contributed by atoms with van der Waals surface area (Å²) in [5.41, 5.74) is 6.89. The highest BCUT2D eigenvalue weighted by atomic mass is 16.5. The zero-order valence-electron chi connectivity index (χ0n) is 10.9. The monoisotopic (exact) mass is 248 g/mol. The molecular formula is C14H20N2O2. The van der Waals surface area contributed by atoms with E-state index >= 15 is 0 Å². The number of ether oxygens (including phenoxy) is 1. The van der Waals surface area contributed by atoms with Gasteiger partial charge in [-0.15, -0.1) is 0 Å². The molecule has 4 nitrogen and oxygen atoms in total. The van der Waals surface area contributed by atoms with Gasteiger partial charge in [-0.2, -0.15) is 0 Å². The summed E-state index contributed by atoms with van der Waals surface area (Å²) in [6.07, 6.45) is 1.18. The Kier molecular flexibility index (Phi) is 3.87. The molecule has 1 aromatic rings. The van der Waals surface area contributed by atoms with Crippen LogP contribution in [-0.2, 0) is 0 Å². The molecule has 0 aliphatic carbocycles. The fourth-order valence-electron chi connectivity index (χ4n) is 2.21. The molecule has 0 saturated carbocycles. The standard InChI is InChI=1S/C14H20N2O2/c1-9-3-4-11(14(15)17)12(7-9)18-13-8-16-6-5-10(13)2/h3-4,7,10,13,16H,5-6,8H2,1-2H3,(H2,15,17). The van der Waals surface area contributed by atoms with Crippen LogP contribution in [0.1, 0.15) is 29.3 Å². The molecule has 1 saturated heterocycles. The minimum Gasteiger partial charge on any atom is -0.488 e. The first-order chi connectivity index (χ1) is 8.58. The lowest BCUT2D eigenvalue weighted by atomic mass is 9.97. The van der Waals surface area contributed by atoms with E-state index in [9.17, 15) is 4.79 Å². The van der Waals surface area contributed by atoms with Crippen LogP contribution in [0.15, 0.2) is 18.2 Å². The Balaban J connectivity index is 2.21. The lowest BCUT2D eigenvalue weighted by molar-refractivity contribution is 0.0966. The number of carbonyl (C=O) groups is 1. The summed E-state index contributed by atoms with van der Waals surface area (Å²) >= 11 is 0. The van der Waals surface area contributed by atoms with E-state index in [1.165, 1.54) is 0 Å². The Bertz CT molecular complexity index is 445. The van der Waals surface area contributed by atoms with Gasteiger partial charge in [-0.05, 0) is 43.5 Å². The molecule has 1 aliphatic rings.